The van der Waals surface area contributed by atoms with Gasteiger partial charge in [0.05, 0.1) is 37.8 Å². The Labute approximate surface area is 325 Å². The Morgan fingerprint density at radius 1 is 0.339 bits per heavy atom. The minimum Gasteiger partial charge on any atom is -0.292 e. The van der Waals surface area contributed by atoms with E-state index in [-0.39, 0.29) is 0 Å². The summed E-state index contributed by atoms with van der Waals surface area (Å²) in [5.74, 6) is 0. The number of hydrogen-bond acceptors (Lipinski definition) is 4. The maximum atomic E-state index is 5.31. The molecule has 8 aromatic carbocycles. The highest BCUT2D eigenvalue weighted by molar-refractivity contribution is 7.26. The number of fused-ring (bicyclic) bond motifs is 23. The molecule has 0 amide bonds. The van der Waals surface area contributed by atoms with Gasteiger partial charge in [0.1, 0.15) is 11.3 Å². The Balaban J connectivity index is 1.08. The standard InChI is InChI=1S/C50H26N4S2/c1-2-12-34-29(9-1)37-26-46-38(31-11-4-7-15-44(31)55-46)25-42(37)53-43-24-28(18-22-40(43)52-49(34)53)27-17-19-35-36(23-27)32-20-21-33-30-10-3-8-16-45(30)56-48(33)47(32)54-41-14-6-5-13-39(41)51-50(35)54/h1-26H. The zero-order valence-electron chi connectivity index (χ0n) is 29.6. The number of benzene rings is 8. The number of para-hydroxylation sites is 2. The summed E-state index contributed by atoms with van der Waals surface area (Å²) in [6, 6.07) is 57.9. The molecule has 0 unspecified atom stereocenters. The van der Waals surface area contributed by atoms with E-state index in [9.17, 15) is 0 Å². The monoisotopic (exact) mass is 746 g/mol. The summed E-state index contributed by atoms with van der Waals surface area (Å²) >= 11 is 3.75. The van der Waals surface area contributed by atoms with E-state index in [1.807, 2.05) is 22.7 Å². The predicted molar refractivity (Wildman–Crippen MR) is 240 cm³/mol. The highest BCUT2D eigenvalue weighted by atomic mass is 32.1. The normalized spacial score (nSPS) is 12.6. The molecule has 6 heterocycles. The SMILES string of the molecule is c1ccc2c(c1)nc1c3ccc(-c4ccc5nc6c7ccccc7c7cc8sc9ccccc9c8cc7n6c5c4)cc3c3ccc4c5ccccc5sc4c3n21. The average molecular weight is 747 g/mol. The Morgan fingerprint density at radius 2 is 0.964 bits per heavy atom. The molecule has 56 heavy (non-hydrogen) atoms. The van der Waals surface area contributed by atoms with Gasteiger partial charge in [-0.3, -0.25) is 8.80 Å². The molecule has 258 valence electrons. The van der Waals surface area contributed by atoms with Gasteiger partial charge in [-0.2, -0.15) is 0 Å². The molecule has 0 N–H and O–H groups in total. The second kappa shape index (κ2) is 10.5. The first-order valence-corrected chi connectivity index (χ1v) is 20.5. The average Bonchev–Trinajstić information content (AvgIpc) is 4.03. The van der Waals surface area contributed by atoms with Crippen LogP contribution in [0.1, 0.15) is 0 Å². The summed E-state index contributed by atoms with van der Waals surface area (Å²) in [4.78, 5) is 10.6. The molecule has 6 aromatic heterocycles. The first kappa shape index (κ1) is 29.5. The fraction of sp³-hybridized carbons (Fsp3) is 0. The van der Waals surface area contributed by atoms with Gasteiger partial charge in [0.2, 0.25) is 0 Å². The van der Waals surface area contributed by atoms with Crippen molar-refractivity contribution in [3.63, 3.8) is 0 Å². The van der Waals surface area contributed by atoms with E-state index in [4.69, 9.17) is 9.97 Å². The molecular formula is C50H26N4S2. The number of aromatic nitrogens is 4. The predicted octanol–water partition coefficient (Wildman–Crippen LogP) is 14.3. The molecular weight excluding hydrogens is 721 g/mol. The largest absolute Gasteiger partial charge is 0.292 e. The van der Waals surface area contributed by atoms with Crippen LogP contribution in [0.2, 0.25) is 0 Å². The molecule has 0 aliphatic carbocycles. The van der Waals surface area contributed by atoms with Crippen LogP contribution in [-0.2, 0) is 0 Å². The van der Waals surface area contributed by atoms with Crippen molar-refractivity contribution in [3.05, 3.63) is 158 Å². The van der Waals surface area contributed by atoms with Gasteiger partial charge in [0, 0.05) is 57.2 Å². The molecule has 14 rings (SSSR count). The molecule has 0 spiro atoms. The van der Waals surface area contributed by atoms with Crippen LogP contribution in [0.5, 0.6) is 0 Å². The fourth-order valence-corrected chi connectivity index (χ4v) is 11.9. The third kappa shape index (κ3) is 3.72. The van der Waals surface area contributed by atoms with Crippen LogP contribution in [-0.4, -0.2) is 18.8 Å². The van der Waals surface area contributed by atoms with Crippen molar-refractivity contribution in [2.24, 2.45) is 0 Å². The molecule has 6 heteroatoms. The Hall–Kier alpha value is -6.86. The molecule has 0 saturated carbocycles. The maximum absolute atomic E-state index is 5.31. The van der Waals surface area contributed by atoms with Gasteiger partial charge in [-0.25, -0.2) is 9.97 Å². The van der Waals surface area contributed by atoms with E-state index >= 15 is 0 Å². The highest BCUT2D eigenvalue weighted by Crippen LogP contribution is 2.44. The van der Waals surface area contributed by atoms with Crippen LogP contribution in [0.15, 0.2) is 158 Å². The second-order valence-electron chi connectivity index (χ2n) is 14.9. The summed E-state index contributed by atoms with van der Waals surface area (Å²) in [5.41, 5.74) is 11.0. The summed E-state index contributed by atoms with van der Waals surface area (Å²) in [7, 11) is 0. The lowest BCUT2D eigenvalue weighted by Crippen LogP contribution is -1.93. The fourth-order valence-electron chi connectivity index (χ4n) is 9.54. The minimum absolute atomic E-state index is 0.991. The van der Waals surface area contributed by atoms with Gasteiger partial charge in [-0.05, 0) is 82.6 Å². The summed E-state index contributed by atoms with van der Waals surface area (Å²) < 4.78 is 10.0. The molecule has 0 aliphatic heterocycles. The molecule has 4 nitrogen and oxygen atoms in total. The summed E-state index contributed by atoms with van der Waals surface area (Å²) in [6.45, 7) is 0. The van der Waals surface area contributed by atoms with Crippen molar-refractivity contribution in [2.75, 3.05) is 0 Å². The first-order chi connectivity index (χ1) is 27.7. The van der Waals surface area contributed by atoms with Gasteiger partial charge in [0.25, 0.3) is 0 Å². The Morgan fingerprint density at radius 3 is 1.84 bits per heavy atom. The summed E-state index contributed by atoms with van der Waals surface area (Å²) in [6.07, 6.45) is 0. The number of pyridine rings is 2. The smallest absolute Gasteiger partial charge is 0.146 e. The van der Waals surface area contributed by atoms with E-state index < -0.39 is 0 Å². The lowest BCUT2D eigenvalue weighted by molar-refractivity contribution is 1.32. The van der Waals surface area contributed by atoms with E-state index in [1.54, 1.807) is 0 Å². The third-order valence-corrected chi connectivity index (χ3v) is 14.4. The summed E-state index contributed by atoms with van der Waals surface area (Å²) in [5, 5.41) is 12.4. The quantitative estimate of drug-likeness (QED) is 0.157. The van der Waals surface area contributed by atoms with Crippen LogP contribution >= 0.6 is 22.7 Å². The number of hydrogen-bond donors (Lipinski definition) is 0. The lowest BCUT2D eigenvalue weighted by Gasteiger charge is -2.12. The molecule has 0 saturated heterocycles. The molecule has 0 bridgehead atoms. The van der Waals surface area contributed by atoms with Crippen LogP contribution < -0.4 is 0 Å². The zero-order chi connectivity index (χ0) is 36.2. The van der Waals surface area contributed by atoms with Crippen LogP contribution in [0.25, 0.3) is 128 Å². The third-order valence-electron chi connectivity index (χ3n) is 12.0. The molecule has 0 fully saturated rings. The molecule has 14 aromatic rings. The van der Waals surface area contributed by atoms with E-state index in [1.165, 1.54) is 83.9 Å². The first-order valence-electron chi connectivity index (χ1n) is 18.9. The van der Waals surface area contributed by atoms with Gasteiger partial charge in [-0.15, -0.1) is 22.7 Å². The number of thiophene rings is 2. The Kier molecular flexibility index (Phi) is 5.51. The highest BCUT2D eigenvalue weighted by Gasteiger charge is 2.20. The number of rotatable bonds is 1. The van der Waals surface area contributed by atoms with Crippen molar-refractivity contribution in [1.82, 2.24) is 18.8 Å². The van der Waals surface area contributed by atoms with E-state index in [2.05, 4.69) is 167 Å². The van der Waals surface area contributed by atoms with Gasteiger partial charge < -0.3 is 0 Å². The van der Waals surface area contributed by atoms with Gasteiger partial charge in [-0.1, -0.05) is 97.1 Å². The lowest BCUT2D eigenvalue weighted by atomic mass is 9.98. The number of imidazole rings is 2. The number of nitrogens with zero attached hydrogens (tertiary/aromatic N) is 4. The van der Waals surface area contributed by atoms with Crippen molar-refractivity contribution < 1.29 is 0 Å². The Bertz CT molecular complexity index is 4070. The molecule has 0 atom stereocenters. The van der Waals surface area contributed by atoms with E-state index in [0.29, 0.717) is 0 Å². The van der Waals surface area contributed by atoms with Crippen molar-refractivity contribution >= 4 is 140 Å². The van der Waals surface area contributed by atoms with Crippen LogP contribution in [0.3, 0.4) is 0 Å². The van der Waals surface area contributed by atoms with Gasteiger partial charge >= 0.3 is 0 Å². The topological polar surface area (TPSA) is 34.6 Å². The molecule has 0 radical (unpaired) electrons. The minimum atomic E-state index is 0.991. The van der Waals surface area contributed by atoms with E-state index in [0.717, 1.165) is 44.3 Å². The zero-order valence-corrected chi connectivity index (χ0v) is 31.2. The van der Waals surface area contributed by atoms with Gasteiger partial charge in [0.15, 0.2) is 0 Å². The van der Waals surface area contributed by atoms with Crippen molar-refractivity contribution in [3.8, 4) is 11.1 Å². The maximum Gasteiger partial charge on any atom is 0.146 e. The van der Waals surface area contributed by atoms with Crippen molar-refractivity contribution in [2.45, 2.75) is 0 Å². The van der Waals surface area contributed by atoms with Crippen LogP contribution in [0, 0.1) is 0 Å². The van der Waals surface area contributed by atoms with Crippen LogP contribution in [0.4, 0.5) is 0 Å². The second-order valence-corrected chi connectivity index (χ2v) is 17.1. The molecule has 0 aliphatic rings. The van der Waals surface area contributed by atoms with Crippen molar-refractivity contribution in [1.29, 1.82) is 0 Å².